The van der Waals surface area contributed by atoms with Crippen molar-refractivity contribution in [2.75, 3.05) is 33.2 Å². The molecule has 0 saturated carbocycles. The van der Waals surface area contributed by atoms with Crippen molar-refractivity contribution in [3.63, 3.8) is 0 Å². The number of hydrogen-bond acceptors (Lipinski definition) is 4. The second kappa shape index (κ2) is 10.1. The summed E-state index contributed by atoms with van der Waals surface area (Å²) < 4.78 is 26.3. The first kappa shape index (κ1) is 21.9. The van der Waals surface area contributed by atoms with E-state index < -0.39 is 10.0 Å². The van der Waals surface area contributed by atoms with Gasteiger partial charge in [-0.2, -0.15) is 4.31 Å². The molecule has 25 heavy (non-hydrogen) atoms. The van der Waals surface area contributed by atoms with Crippen LogP contribution in [0, 0.1) is 0 Å². The number of likely N-dealkylation sites (N-methyl/N-ethyl adjacent to an activating group) is 1. The first-order valence-corrected chi connectivity index (χ1v) is 9.92. The molecule has 0 unspecified atom stereocenters. The minimum absolute atomic E-state index is 0. The molecule has 0 bridgehead atoms. The van der Waals surface area contributed by atoms with E-state index in [0.29, 0.717) is 6.54 Å². The third-order valence-corrected chi connectivity index (χ3v) is 6.16. The average Bonchev–Trinajstić information content (AvgIpc) is 2.61. The first-order chi connectivity index (χ1) is 11.5. The maximum absolute atomic E-state index is 12.7. The molecule has 6 nitrogen and oxygen atoms in total. The van der Waals surface area contributed by atoms with Crippen LogP contribution in [0.25, 0.3) is 0 Å². The Labute approximate surface area is 157 Å². The molecule has 0 atom stereocenters. The van der Waals surface area contributed by atoms with Crippen molar-refractivity contribution in [1.82, 2.24) is 14.5 Å². The standard InChI is InChI=1S/C17H27N3O3S.ClH/c1-3-13-20(15-9-11-18-12-10-15)17(21)14-19(2)24(22,23)16-7-5-4-6-8-16;/h4-8,15,18H,3,9-14H2,1-2H3;1H. The summed E-state index contributed by atoms with van der Waals surface area (Å²) in [6.07, 6.45) is 2.70. The molecule has 1 N–H and O–H groups in total. The number of nitrogens with one attached hydrogen (secondary N) is 1. The normalized spacial score (nSPS) is 15.6. The summed E-state index contributed by atoms with van der Waals surface area (Å²) in [5, 5.41) is 3.29. The van der Waals surface area contributed by atoms with Crippen molar-refractivity contribution in [2.24, 2.45) is 0 Å². The minimum atomic E-state index is -3.64. The molecule has 0 aromatic heterocycles. The van der Waals surface area contributed by atoms with Crippen molar-refractivity contribution in [1.29, 1.82) is 0 Å². The van der Waals surface area contributed by atoms with E-state index in [-0.39, 0.29) is 35.8 Å². The molecule has 1 aromatic rings. The van der Waals surface area contributed by atoms with E-state index in [4.69, 9.17) is 0 Å². The number of benzene rings is 1. The summed E-state index contributed by atoms with van der Waals surface area (Å²) in [6.45, 7) is 4.38. The van der Waals surface area contributed by atoms with E-state index in [2.05, 4.69) is 5.32 Å². The molecule has 0 spiro atoms. The van der Waals surface area contributed by atoms with Crippen LogP contribution < -0.4 is 5.32 Å². The lowest BCUT2D eigenvalue weighted by Gasteiger charge is -2.35. The van der Waals surface area contributed by atoms with Crippen LogP contribution in [-0.2, 0) is 14.8 Å². The van der Waals surface area contributed by atoms with Crippen LogP contribution in [0.5, 0.6) is 0 Å². The lowest BCUT2D eigenvalue weighted by molar-refractivity contribution is -0.134. The van der Waals surface area contributed by atoms with Crippen LogP contribution in [0.4, 0.5) is 0 Å². The first-order valence-electron chi connectivity index (χ1n) is 8.48. The maximum Gasteiger partial charge on any atom is 0.243 e. The van der Waals surface area contributed by atoms with Gasteiger partial charge in [-0.3, -0.25) is 4.79 Å². The zero-order chi connectivity index (χ0) is 17.6. The van der Waals surface area contributed by atoms with Gasteiger partial charge in [0, 0.05) is 19.6 Å². The minimum Gasteiger partial charge on any atom is -0.338 e. The smallest absolute Gasteiger partial charge is 0.243 e. The van der Waals surface area contributed by atoms with Gasteiger partial charge in [0.25, 0.3) is 0 Å². The number of piperidine rings is 1. The molecular formula is C17H28ClN3O3S. The SMILES string of the molecule is CCCN(C(=O)CN(C)S(=O)(=O)c1ccccc1)C1CCNCC1.Cl. The molecule has 1 aromatic carbocycles. The molecule has 1 heterocycles. The fraction of sp³-hybridized carbons (Fsp3) is 0.588. The number of halogens is 1. The molecule has 0 radical (unpaired) electrons. The summed E-state index contributed by atoms with van der Waals surface area (Å²) in [5.74, 6) is -0.120. The fourth-order valence-electron chi connectivity index (χ4n) is 3.01. The Bertz CT molecular complexity index is 634. The van der Waals surface area contributed by atoms with Crippen molar-refractivity contribution < 1.29 is 13.2 Å². The Kier molecular flexibility index (Phi) is 8.85. The second-order valence-corrected chi connectivity index (χ2v) is 8.19. The highest BCUT2D eigenvalue weighted by Crippen LogP contribution is 2.16. The predicted molar refractivity (Wildman–Crippen MR) is 101 cm³/mol. The quantitative estimate of drug-likeness (QED) is 0.770. The number of amides is 1. The molecule has 1 aliphatic heterocycles. The van der Waals surface area contributed by atoms with E-state index in [1.54, 1.807) is 30.3 Å². The lowest BCUT2D eigenvalue weighted by atomic mass is 10.0. The van der Waals surface area contributed by atoms with Crippen LogP contribution in [0.3, 0.4) is 0 Å². The highest BCUT2D eigenvalue weighted by molar-refractivity contribution is 7.89. The van der Waals surface area contributed by atoms with Gasteiger partial charge in [-0.1, -0.05) is 25.1 Å². The van der Waals surface area contributed by atoms with E-state index in [1.165, 1.54) is 7.05 Å². The third-order valence-electron chi connectivity index (χ3n) is 4.34. The zero-order valence-electron chi connectivity index (χ0n) is 14.8. The molecular weight excluding hydrogens is 362 g/mol. The predicted octanol–water partition coefficient (Wildman–Crippen LogP) is 1.72. The van der Waals surface area contributed by atoms with E-state index in [0.717, 1.165) is 36.7 Å². The Hall–Kier alpha value is -1.15. The largest absolute Gasteiger partial charge is 0.338 e. The Morgan fingerprint density at radius 1 is 1.20 bits per heavy atom. The molecule has 8 heteroatoms. The molecule has 0 aliphatic carbocycles. The third kappa shape index (κ3) is 5.67. The van der Waals surface area contributed by atoms with E-state index in [9.17, 15) is 13.2 Å². The summed E-state index contributed by atoms with van der Waals surface area (Å²) in [5.41, 5.74) is 0. The van der Waals surface area contributed by atoms with Gasteiger partial charge in [0.1, 0.15) is 0 Å². The van der Waals surface area contributed by atoms with Gasteiger partial charge in [0.15, 0.2) is 0 Å². The topological polar surface area (TPSA) is 69.7 Å². The summed E-state index contributed by atoms with van der Waals surface area (Å²) in [4.78, 5) is 14.8. The average molecular weight is 390 g/mol. The highest BCUT2D eigenvalue weighted by Gasteiger charge is 2.28. The fourth-order valence-corrected chi connectivity index (χ4v) is 4.15. The van der Waals surface area contributed by atoms with E-state index >= 15 is 0 Å². The Morgan fingerprint density at radius 2 is 1.80 bits per heavy atom. The van der Waals surface area contributed by atoms with Crippen molar-refractivity contribution in [3.8, 4) is 0 Å². The lowest BCUT2D eigenvalue weighted by Crippen LogP contribution is -2.49. The van der Waals surface area contributed by atoms with Gasteiger partial charge >= 0.3 is 0 Å². The molecule has 1 amide bonds. The van der Waals surface area contributed by atoms with Crippen LogP contribution in [0.1, 0.15) is 26.2 Å². The number of rotatable bonds is 7. The van der Waals surface area contributed by atoms with Gasteiger partial charge in [0.05, 0.1) is 11.4 Å². The van der Waals surface area contributed by atoms with Crippen molar-refractivity contribution in [3.05, 3.63) is 30.3 Å². The van der Waals surface area contributed by atoms with Crippen LogP contribution >= 0.6 is 12.4 Å². The van der Waals surface area contributed by atoms with Gasteiger partial charge in [0.2, 0.25) is 15.9 Å². The molecule has 1 fully saturated rings. The summed E-state index contributed by atoms with van der Waals surface area (Å²) in [7, 11) is -2.17. The summed E-state index contributed by atoms with van der Waals surface area (Å²) >= 11 is 0. The van der Waals surface area contributed by atoms with Gasteiger partial charge in [-0.15, -0.1) is 12.4 Å². The van der Waals surface area contributed by atoms with Gasteiger partial charge in [-0.25, -0.2) is 8.42 Å². The van der Waals surface area contributed by atoms with Crippen LogP contribution in [-0.4, -0.2) is 62.8 Å². The van der Waals surface area contributed by atoms with Crippen molar-refractivity contribution >= 4 is 28.3 Å². The van der Waals surface area contributed by atoms with Crippen LogP contribution in [0.15, 0.2) is 35.2 Å². The number of nitrogens with zero attached hydrogens (tertiary/aromatic N) is 2. The number of carbonyl (C=O) groups is 1. The number of hydrogen-bond donors (Lipinski definition) is 1. The number of sulfonamides is 1. The molecule has 1 aliphatic rings. The molecule has 2 rings (SSSR count). The second-order valence-electron chi connectivity index (χ2n) is 6.14. The summed E-state index contributed by atoms with van der Waals surface area (Å²) in [6, 6.07) is 8.43. The van der Waals surface area contributed by atoms with Crippen LogP contribution in [0.2, 0.25) is 0 Å². The van der Waals surface area contributed by atoms with Crippen molar-refractivity contribution in [2.45, 2.75) is 37.1 Å². The Morgan fingerprint density at radius 3 is 2.36 bits per heavy atom. The zero-order valence-corrected chi connectivity index (χ0v) is 16.5. The number of carbonyl (C=O) groups excluding carboxylic acids is 1. The van der Waals surface area contributed by atoms with E-state index in [1.807, 2.05) is 11.8 Å². The monoisotopic (exact) mass is 389 g/mol. The van der Waals surface area contributed by atoms with Gasteiger partial charge < -0.3 is 10.2 Å². The maximum atomic E-state index is 12.7. The molecule has 1 saturated heterocycles. The van der Waals surface area contributed by atoms with Gasteiger partial charge in [-0.05, 0) is 44.5 Å². The Balaban J connectivity index is 0.00000312. The molecule has 142 valence electrons. The highest BCUT2D eigenvalue weighted by atomic mass is 35.5.